The van der Waals surface area contributed by atoms with E-state index in [9.17, 15) is 9.59 Å². The van der Waals surface area contributed by atoms with Crippen molar-refractivity contribution in [3.8, 4) is 5.75 Å². The molecule has 1 aliphatic rings. The Bertz CT molecular complexity index is 1130. The number of likely N-dealkylation sites (tertiary alicyclic amines) is 1. The lowest BCUT2D eigenvalue weighted by molar-refractivity contribution is -0.0415. The predicted octanol–water partition coefficient (Wildman–Crippen LogP) is 1.89. The number of aromatic nitrogens is 3. The van der Waals surface area contributed by atoms with Crippen molar-refractivity contribution in [1.82, 2.24) is 25.2 Å². The standard InChI is InChI=1S/C22H25N5O3/c1-4-15-8-18-19(26-21(15)28)7-14(9-24-18)11-27-12-20(13(27)2)30-16-5-6-17(25-10-16)22(29)23-3/h5-10,13,20H,4,11-12H2,1-3H3,(H,23,29)(H,26,28)/t13-,20-/m1/s1. The van der Waals surface area contributed by atoms with Gasteiger partial charge in [-0.2, -0.15) is 0 Å². The molecule has 30 heavy (non-hydrogen) atoms. The summed E-state index contributed by atoms with van der Waals surface area (Å²) in [5.74, 6) is 0.428. The number of ether oxygens (including phenoxy) is 1. The SMILES string of the molecule is CCc1cc2ncc(CN3C[C@@H](Oc4ccc(C(=O)NC)nc4)[C@H]3C)cc2[nH]c1=O. The van der Waals surface area contributed by atoms with E-state index < -0.39 is 0 Å². The Morgan fingerprint density at radius 3 is 2.80 bits per heavy atom. The first kappa shape index (κ1) is 20.0. The second kappa shape index (κ2) is 8.23. The molecule has 0 radical (unpaired) electrons. The van der Waals surface area contributed by atoms with Gasteiger partial charge in [-0.3, -0.25) is 19.5 Å². The van der Waals surface area contributed by atoms with Crippen LogP contribution in [0.5, 0.6) is 5.75 Å². The highest BCUT2D eigenvalue weighted by molar-refractivity contribution is 5.92. The van der Waals surface area contributed by atoms with Gasteiger partial charge in [0.1, 0.15) is 17.5 Å². The zero-order chi connectivity index (χ0) is 21.3. The van der Waals surface area contributed by atoms with Crippen LogP contribution in [0.3, 0.4) is 0 Å². The Balaban J connectivity index is 1.38. The van der Waals surface area contributed by atoms with E-state index in [0.717, 1.165) is 35.2 Å². The fourth-order valence-corrected chi connectivity index (χ4v) is 3.63. The van der Waals surface area contributed by atoms with Gasteiger partial charge in [0.05, 0.1) is 17.2 Å². The first-order chi connectivity index (χ1) is 14.5. The summed E-state index contributed by atoms with van der Waals surface area (Å²) in [5, 5.41) is 2.55. The van der Waals surface area contributed by atoms with Gasteiger partial charge < -0.3 is 15.0 Å². The average Bonchev–Trinajstić information content (AvgIpc) is 2.77. The molecule has 0 aliphatic carbocycles. The fourth-order valence-electron chi connectivity index (χ4n) is 3.63. The molecule has 8 heteroatoms. The van der Waals surface area contributed by atoms with Crippen LogP contribution in [0.25, 0.3) is 11.0 Å². The zero-order valence-electron chi connectivity index (χ0n) is 17.3. The zero-order valence-corrected chi connectivity index (χ0v) is 17.3. The number of nitrogens with one attached hydrogen (secondary N) is 2. The van der Waals surface area contributed by atoms with Gasteiger partial charge in [-0.15, -0.1) is 0 Å². The number of carbonyl (C=O) groups is 1. The number of nitrogens with zero attached hydrogens (tertiary/aromatic N) is 3. The molecule has 1 amide bonds. The Labute approximate surface area is 174 Å². The third kappa shape index (κ3) is 3.91. The molecule has 0 saturated carbocycles. The molecule has 2 atom stereocenters. The third-order valence-electron chi connectivity index (χ3n) is 5.60. The molecule has 0 aromatic carbocycles. The maximum absolute atomic E-state index is 12.1. The highest BCUT2D eigenvalue weighted by Gasteiger charge is 2.37. The molecule has 3 aromatic heterocycles. The summed E-state index contributed by atoms with van der Waals surface area (Å²) in [7, 11) is 1.57. The summed E-state index contributed by atoms with van der Waals surface area (Å²) in [6, 6.07) is 7.49. The Hall–Kier alpha value is -3.26. The normalized spacial score (nSPS) is 18.8. The lowest BCUT2D eigenvalue weighted by Crippen LogP contribution is -2.60. The van der Waals surface area contributed by atoms with Gasteiger partial charge in [0, 0.05) is 37.9 Å². The fraction of sp³-hybridized carbons (Fsp3) is 0.364. The van der Waals surface area contributed by atoms with Gasteiger partial charge in [-0.05, 0) is 43.2 Å². The van der Waals surface area contributed by atoms with Crippen LogP contribution in [0, 0.1) is 0 Å². The van der Waals surface area contributed by atoms with E-state index in [4.69, 9.17) is 4.74 Å². The number of fused-ring (bicyclic) bond motifs is 1. The van der Waals surface area contributed by atoms with Crippen LogP contribution in [0.15, 0.2) is 41.5 Å². The summed E-state index contributed by atoms with van der Waals surface area (Å²) in [6.45, 7) is 5.59. The monoisotopic (exact) mass is 407 g/mol. The topological polar surface area (TPSA) is 100 Å². The van der Waals surface area contributed by atoms with Crippen LogP contribution < -0.4 is 15.6 Å². The van der Waals surface area contributed by atoms with Crippen molar-refractivity contribution in [2.75, 3.05) is 13.6 Å². The number of pyridine rings is 3. The van der Waals surface area contributed by atoms with E-state index >= 15 is 0 Å². The number of rotatable bonds is 6. The Morgan fingerprint density at radius 2 is 2.13 bits per heavy atom. The number of hydrogen-bond donors (Lipinski definition) is 2. The Kier molecular flexibility index (Phi) is 5.50. The molecular formula is C22H25N5O3. The highest BCUT2D eigenvalue weighted by atomic mass is 16.5. The number of H-pyrrole nitrogens is 1. The first-order valence-corrected chi connectivity index (χ1v) is 10.1. The van der Waals surface area contributed by atoms with Crippen molar-refractivity contribution in [3.63, 3.8) is 0 Å². The van der Waals surface area contributed by atoms with Crippen molar-refractivity contribution in [2.24, 2.45) is 0 Å². The van der Waals surface area contributed by atoms with E-state index in [2.05, 4.69) is 32.1 Å². The highest BCUT2D eigenvalue weighted by Crippen LogP contribution is 2.26. The molecule has 1 aliphatic heterocycles. The summed E-state index contributed by atoms with van der Waals surface area (Å²) in [5.41, 5.74) is 3.67. The van der Waals surface area contributed by atoms with Crippen molar-refractivity contribution >= 4 is 16.9 Å². The van der Waals surface area contributed by atoms with Crippen molar-refractivity contribution in [2.45, 2.75) is 39.0 Å². The van der Waals surface area contributed by atoms with Gasteiger partial charge in [-0.25, -0.2) is 4.98 Å². The van der Waals surface area contributed by atoms with Crippen molar-refractivity contribution in [1.29, 1.82) is 0 Å². The molecular weight excluding hydrogens is 382 g/mol. The molecule has 3 aromatic rings. The van der Waals surface area contributed by atoms with Crippen LogP contribution in [0.1, 0.15) is 35.5 Å². The quantitative estimate of drug-likeness (QED) is 0.647. The van der Waals surface area contributed by atoms with Crippen molar-refractivity contribution in [3.05, 3.63) is 63.8 Å². The summed E-state index contributed by atoms with van der Waals surface area (Å²) in [6.07, 6.45) is 4.18. The molecule has 1 saturated heterocycles. The largest absolute Gasteiger partial charge is 0.486 e. The molecule has 0 bridgehead atoms. The smallest absolute Gasteiger partial charge is 0.269 e. The minimum atomic E-state index is -0.221. The number of amides is 1. The second-order valence-corrected chi connectivity index (χ2v) is 7.54. The molecule has 156 valence electrons. The summed E-state index contributed by atoms with van der Waals surface area (Å²) < 4.78 is 6.01. The van der Waals surface area contributed by atoms with Gasteiger partial charge in [0.15, 0.2) is 0 Å². The number of hydrogen-bond acceptors (Lipinski definition) is 6. The molecule has 8 nitrogen and oxygen atoms in total. The van der Waals surface area contributed by atoms with E-state index in [1.165, 1.54) is 0 Å². The molecule has 0 spiro atoms. The van der Waals surface area contributed by atoms with E-state index in [0.29, 0.717) is 17.9 Å². The van der Waals surface area contributed by atoms with E-state index in [-0.39, 0.29) is 23.6 Å². The summed E-state index contributed by atoms with van der Waals surface area (Å²) in [4.78, 5) is 37.5. The lowest BCUT2D eigenvalue weighted by Gasteiger charge is -2.45. The van der Waals surface area contributed by atoms with Gasteiger partial charge in [0.2, 0.25) is 0 Å². The molecule has 1 fully saturated rings. The number of carbonyl (C=O) groups excluding carboxylic acids is 1. The minimum Gasteiger partial charge on any atom is -0.486 e. The van der Waals surface area contributed by atoms with Gasteiger partial charge in [-0.1, -0.05) is 6.92 Å². The van der Waals surface area contributed by atoms with Gasteiger partial charge >= 0.3 is 0 Å². The maximum Gasteiger partial charge on any atom is 0.269 e. The van der Waals surface area contributed by atoms with Crippen molar-refractivity contribution < 1.29 is 9.53 Å². The third-order valence-corrected chi connectivity index (χ3v) is 5.60. The van der Waals surface area contributed by atoms with Crippen LogP contribution in [-0.4, -0.2) is 51.5 Å². The van der Waals surface area contributed by atoms with Crippen LogP contribution in [0.4, 0.5) is 0 Å². The molecule has 4 rings (SSSR count). The van der Waals surface area contributed by atoms with Crippen LogP contribution >= 0.6 is 0 Å². The summed E-state index contributed by atoms with van der Waals surface area (Å²) >= 11 is 0. The Morgan fingerprint density at radius 1 is 1.30 bits per heavy atom. The predicted molar refractivity (Wildman–Crippen MR) is 114 cm³/mol. The van der Waals surface area contributed by atoms with Crippen LogP contribution in [0.2, 0.25) is 0 Å². The maximum atomic E-state index is 12.1. The number of aromatic amines is 1. The molecule has 2 N–H and O–H groups in total. The first-order valence-electron chi connectivity index (χ1n) is 10.1. The lowest BCUT2D eigenvalue weighted by atomic mass is 10.00. The number of aryl methyl sites for hydroxylation is 1. The van der Waals surface area contributed by atoms with Crippen LogP contribution in [-0.2, 0) is 13.0 Å². The minimum absolute atomic E-state index is 0.0502. The van der Waals surface area contributed by atoms with E-state index in [1.54, 1.807) is 25.4 Å². The molecule has 0 unspecified atom stereocenters. The molecule has 4 heterocycles. The second-order valence-electron chi connectivity index (χ2n) is 7.54. The van der Waals surface area contributed by atoms with E-state index in [1.807, 2.05) is 25.3 Å². The van der Waals surface area contributed by atoms with Gasteiger partial charge in [0.25, 0.3) is 11.5 Å². The average molecular weight is 407 g/mol.